The van der Waals surface area contributed by atoms with E-state index in [1.54, 1.807) is 27.4 Å². The third-order valence-electron chi connectivity index (χ3n) is 6.44. The van der Waals surface area contributed by atoms with E-state index >= 15 is 0 Å². The first-order chi connectivity index (χ1) is 15.6. The first kappa shape index (κ1) is 21.2. The number of hydrogen-bond acceptors (Lipinski definition) is 4. The van der Waals surface area contributed by atoms with Crippen molar-refractivity contribution in [1.29, 1.82) is 0 Å². The maximum atomic E-state index is 13.4. The van der Waals surface area contributed by atoms with Gasteiger partial charge in [0.05, 0.1) is 22.0 Å². The number of benzene rings is 1. The van der Waals surface area contributed by atoms with E-state index in [1.165, 1.54) is 49.1 Å². The Hall–Kier alpha value is -2.64. The molecule has 3 aromatic heterocycles. The van der Waals surface area contributed by atoms with E-state index in [-0.39, 0.29) is 5.56 Å². The summed E-state index contributed by atoms with van der Waals surface area (Å²) in [6, 6.07) is 14.5. The highest BCUT2D eigenvalue weighted by Crippen LogP contribution is 2.33. The summed E-state index contributed by atoms with van der Waals surface area (Å²) in [5.41, 5.74) is 3.41. The van der Waals surface area contributed by atoms with E-state index in [2.05, 4.69) is 27.5 Å². The van der Waals surface area contributed by atoms with Crippen LogP contribution in [-0.4, -0.2) is 13.9 Å². The predicted octanol–water partition coefficient (Wildman–Crippen LogP) is 6.20. The second-order valence-electron chi connectivity index (χ2n) is 8.42. The van der Waals surface area contributed by atoms with Gasteiger partial charge in [0.1, 0.15) is 0 Å². The van der Waals surface area contributed by atoms with Crippen LogP contribution in [0.4, 0.5) is 5.69 Å². The first-order valence-electron chi connectivity index (χ1n) is 11.3. The SMILES string of the molecule is Cc1c(N=c2scc(-c3cccs3)n2C2CCCCCC2)c(=O)n(-c2ccccc2)n1C. The summed E-state index contributed by atoms with van der Waals surface area (Å²) in [6.45, 7) is 1.98. The van der Waals surface area contributed by atoms with E-state index < -0.39 is 0 Å². The Balaban J connectivity index is 1.69. The molecule has 1 aliphatic carbocycles. The highest BCUT2D eigenvalue weighted by atomic mass is 32.1. The fourth-order valence-corrected chi connectivity index (χ4v) is 6.43. The molecule has 0 N–H and O–H groups in total. The predicted molar refractivity (Wildman–Crippen MR) is 133 cm³/mol. The third kappa shape index (κ3) is 3.84. The standard InChI is InChI=1S/C25H28N4OS2/c1-18-23(24(30)29(27(18)2)20-13-8-5-9-14-20)26-25-28(19-11-6-3-4-7-12-19)21(17-32-25)22-15-10-16-31-22/h5,8-10,13-17,19H,3-4,6-7,11-12H2,1-2H3. The zero-order valence-electron chi connectivity index (χ0n) is 18.5. The highest BCUT2D eigenvalue weighted by molar-refractivity contribution is 7.14. The fraction of sp³-hybridized carbons (Fsp3) is 0.360. The maximum absolute atomic E-state index is 13.4. The highest BCUT2D eigenvalue weighted by Gasteiger charge is 2.21. The van der Waals surface area contributed by atoms with Crippen LogP contribution in [0.5, 0.6) is 0 Å². The Morgan fingerprint density at radius 2 is 1.72 bits per heavy atom. The van der Waals surface area contributed by atoms with Crippen molar-refractivity contribution in [2.45, 2.75) is 51.5 Å². The molecular formula is C25H28N4OS2. The first-order valence-corrected chi connectivity index (χ1v) is 13.0. The molecular weight excluding hydrogens is 436 g/mol. The molecule has 3 heterocycles. The summed E-state index contributed by atoms with van der Waals surface area (Å²) in [7, 11) is 1.92. The van der Waals surface area contributed by atoms with Crippen molar-refractivity contribution < 1.29 is 0 Å². The van der Waals surface area contributed by atoms with Gasteiger partial charge in [0.25, 0.3) is 5.56 Å². The second-order valence-corrected chi connectivity index (χ2v) is 10.2. The van der Waals surface area contributed by atoms with Crippen LogP contribution in [0.3, 0.4) is 0 Å². The molecule has 0 unspecified atom stereocenters. The molecule has 4 aromatic rings. The minimum absolute atomic E-state index is 0.0744. The molecule has 5 rings (SSSR count). The normalized spacial score (nSPS) is 15.9. The lowest BCUT2D eigenvalue weighted by Gasteiger charge is -2.19. The maximum Gasteiger partial charge on any atom is 0.297 e. The lowest BCUT2D eigenvalue weighted by atomic mass is 10.1. The number of nitrogens with zero attached hydrogens (tertiary/aromatic N) is 4. The Kier molecular flexibility index (Phi) is 6.02. The molecule has 1 saturated carbocycles. The summed E-state index contributed by atoms with van der Waals surface area (Å²) in [6.07, 6.45) is 7.46. The van der Waals surface area contributed by atoms with Crippen LogP contribution in [-0.2, 0) is 7.05 Å². The van der Waals surface area contributed by atoms with Gasteiger partial charge >= 0.3 is 0 Å². The number of hydrogen-bond donors (Lipinski definition) is 0. The number of thiophene rings is 1. The number of thiazole rings is 1. The van der Waals surface area contributed by atoms with Gasteiger partial charge in [-0.1, -0.05) is 49.9 Å². The Labute approximate surface area is 195 Å². The quantitative estimate of drug-likeness (QED) is 0.331. The van der Waals surface area contributed by atoms with Crippen molar-refractivity contribution >= 4 is 28.4 Å². The summed E-state index contributed by atoms with van der Waals surface area (Å²) >= 11 is 3.41. The van der Waals surface area contributed by atoms with Gasteiger partial charge in [-0.2, -0.15) is 0 Å². The third-order valence-corrected chi connectivity index (χ3v) is 8.17. The molecule has 0 amide bonds. The van der Waals surface area contributed by atoms with Crippen LogP contribution in [0.25, 0.3) is 16.3 Å². The van der Waals surface area contributed by atoms with E-state index in [0.29, 0.717) is 11.7 Å². The number of aromatic nitrogens is 3. The van der Waals surface area contributed by atoms with Gasteiger partial charge in [-0.15, -0.1) is 22.7 Å². The molecule has 0 radical (unpaired) electrons. The molecule has 1 aliphatic rings. The van der Waals surface area contributed by atoms with Gasteiger partial charge in [-0.25, -0.2) is 9.67 Å². The Morgan fingerprint density at radius 3 is 2.41 bits per heavy atom. The lowest BCUT2D eigenvalue weighted by Crippen LogP contribution is -2.22. The van der Waals surface area contributed by atoms with E-state index in [0.717, 1.165) is 16.2 Å². The minimum Gasteiger partial charge on any atom is -0.313 e. The summed E-state index contributed by atoms with van der Waals surface area (Å²) < 4.78 is 6.03. The molecule has 0 aliphatic heterocycles. The average molecular weight is 465 g/mol. The molecule has 5 nitrogen and oxygen atoms in total. The molecule has 1 fully saturated rings. The molecule has 7 heteroatoms. The van der Waals surface area contributed by atoms with Crippen molar-refractivity contribution in [3.05, 3.63) is 74.1 Å². The fourth-order valence-electron chi connectivity index (χ4n) is 4.65. The Morgan fingerprint density at radius 1 is 0.969 bits per heavy atom. The lowest BCUT2D eigenvalue weighted by molar-refractivity contribution is 0.440. The van der Waals surface area contributed by atoms with Crippen LogP contribution in [0, 0.1) is 6.92 Å². The van der Waals surface area contributed by atoms with Gasteiger partial charge in [0, 0.05) is 18.5 Å². The molecule has 32 heavy (non-hydrogen) atoms. The monoisotopic (exact) mass is 464 g/mol. The van der Waals surface area contributed by atoms with Crippen molar-refractivity contribution in [2.75, 3.05) is 0 Å². The van der Waals surface area contributed by atoms with Crippen LogP contribution in [0.1, 0.15) is 50.3 Å². The van der Waals surface area contributed by atoms with E-state index in [1.807, 2.05) is 49.0 Å². The largest absolute Gasteiger partial charge is 0.313 e. The summed E-state index contributed by atoms with van der Waals surface area (Å²) in [5.74, 6) is 0. The van der Waals surface area contributed by atoms with Crippen molar-refractivity contribution in [2.24, 2.45) is 12.0 Å². The average Bonchev–Trinajstić information content (AvgIpc) is 3.46. The zero-order valence-corrected chi connectivity index (χ0v) is 20.2. The van der Waals surface area contributed by atoms with Crippen LogP contribution < -0.4 is 10.4 Å². The molecule has 1 aromatic carbocycles. The minimum atomic E-state index is -0.0744. The van der Waals surface area contributed by atoms with Crippen LogP contribution >= 0.6 is 22.7 Å². The van der Waals surface area contributed by atoms with Crippen molar-refractivity contribution in [3.8, 4) is 16.3 Å². The number of rotatable bonds is 4. The molecule has 0 saturated heterocycles. The van der Waals surface area contributed by atoms with Gasteiger partial charge < -0.3 is 4.57 Å². The van der Waals surface area contributed by atoms with Gasteiger partial charge in [-0.3, -0.25) is 9.48 Å². The van der Waals surface area contributed by atoms with Crippen molar-refractivity contribution in [1.82, 2.24) is 13.9 Å². The van der Waals surface area contributed by atoms with Gasteiger partial charge in [0.2, 0.25) is 0 Å². The Bertz CT molecular complexity index is 1310. The topological polar surface area (TPSA) is 44.2 Å². The molecule has 0 bridgehead atoms. The van der Waals surface area contributed by atoms with Gasteiger partial charge in [-0.05, 0) is 43.3 Å². The van der Waals surface area contributed by atoms with Gasteiger partial charge in [0.15, 0.2) is 10.5 Å². The summed E-state index contributed by atoms with van der Waals surface area (Å²) in [4.78, 5) is 20.6. The van der Waals surface area contributed by atoms with E-state index in [4.69, 9.17) is 4.99 Å². The van der Waals surface area contributed by atoms with E-state index in [9.17, 15) is 4.79 Å². The number of para-hydroxylation sites is 1. The van der Waals surface area contributed by atoms with Crippen LogP contribution in [0.15, 0.2) is 63.0 Å². The van der Waals surface area contributed by atoms with Crippen LogP contribution in [0.2, 0.25) is 0 Å². The summed E-state index contributed by atoms with van der Waals surface area (Å²) in [5, 5.41) is 4.34. The zero-order chi connectivity index (χ0) is 22.1. The molecule has 0 spiro atoms. The molecule has 166 valence electrons. The molecule has 0 atom stereocenters. The van der Waals surface area contributed by atoms with Crippen molar-refractivity contribution in [3.63, 3.8) is 0 Å². The smallest absolute Gasteiger partial charge is 0.297 e. The second kappa shape index (κ2) is 9.08.